The van der Waals surface area contributed by atoms with Crippen LogP contribution >= 0.6 is 23.2 Å². The van der Waals surface area contributed by atoms with Crippen LogP contribution in [0.15, 0.2) is 54.6 Å². The maximum atomic E-state index is 13.1. The first-order valence-corrected chi connectivity index (χ1v) is 10.2. The number of fused-ring (bicyclic) bond motifs is 1. The van der Waals surface area contributed by atoms with Crippen molar-refractivity contribution in [2.24, 2.45) is 5.73 Å². The molecule has 6 nitrogen and oxygen atoms in total. The molecule has 1 aliphatic heterocycles. The molecule has 0 saturated carbocycles. The second-order valence-corrected chi connectivity index (χ2v) is 7.87. The second-order valence-electron chi connectivity index (χ2n) is 7.08. The first kappa shape index (κ1) is 20.3. The van der Waals surface area contributed by atoms with E-state index in [2.05, 4.69) is 0 Å². The number of aromatic nitrogens is 1. The van der Waals surface area contributed by atoms with E-state index in [1.165, 1.54) is 4.90 Å². The van der Waals surface area contributed by atoms with Gasteiger partial charge in [0.25, 0.3) is 5.91 Å². The smallest absolute Gasteiger partial charge is 0.324 e. The summed E-state index contributed by atoms with van der Waals surface area (Å²) in [5.41, 5.74) is 8.80. The number of para-hydroxylation sites is 1. The molecule has 2 heterocycles. The highest BCUT2D eigenvalue weighted by Gasteiger charge is 2.32. The standard InChI is InChI=1S/C22H20Cl2N4O2/c1-26(16-10-6-5-9-15(16)23)22(30)27-11-12-28-17(13-27)18(21(25)29)19(24)20(28)14-7-3-2-4-8-14/h2-10H,11-13H2,1H3,(H2,25,29). The molecular formula is C22H20Cl2N4O2. The fourth-order valence-corrected chi connectivity index (χ4v) is 4.53. The molecule has 2 aromatic carbocycles. The highest BCUT2D eigenvalue weighted by Crippen LogP contribution is 2.38. The number of hydrogen-bond donors (Lipinski definition) is 1. The highest BCUT2D eigenvalue weighted by atomic mass is 35.5. The summed E-state index contributed by atoms with van der Waals surface area (Å²) in [4.78, 5) is 28.5. The van der Waals surface area contributed by atoms with Crippen molar-refractivity contribution < 1.29 is 9.59 Å². The topological polar surface area (TPSA) is 71.6 Å². The third kappa shape index (κ3) is 3.42. The van der Waals surface area contributed by atoms with E-state index in [0.29, 0.717) is 34.5 Å². The molecule has 3 aromatic rings. The van der Waals surface area contributed by atoms with Crippen molar-refractivity contribution >= 4 is 40.8 Å². The molecule has 0 bridgehead atoms. The van der Waals surface area contributed by atoms with E-state index in [4.69, 9.17) is 28.9 Å². The Balaban J connectivity index is 1.71. The van der Waals surface area contributed by atoms with Crippen LogP contribution in [-0.4, -0.2) is 35.0 Å². The van der Waals surface area contributed by atoms with Crippen LogP contribution < -0.4 is 10.6 Å². The van der Waals surface area contributed by atoms with Crippen LogP contribution in [0.3, 0.4) is 0 Å². The molecule has 0 saturated heterocycles. The van der Waals surface area contributed by atoms with E-state index in [1.54, 1.807) is 24.1 Å². The third-order valence-corrected chi connectivity index (χ3v) is 6.00. The Morgan fingerprint density at radius 2 is 1.67 bits per heavy atom. The maximum absolute atomic E-state index is 13.1. The molecular weight excluding hydrogens is 423 g/mol. The number of nitrogens with zero attached hydrogens (tertiary/aromatic N) is 3. The maximum Gasteiger partial charge on any atom is 0.324 e. The number of nitrogens with two attached hydrogens (primary N) is 1. The molecule has 154 valence electrons. The second kappa shape index (κ2) is 8.05. The van der Waals surface area contributed by atoms with Crippen molar-refractivity contribution in [2.75, 3.05) is 18.5 Å². The number of carbonyl (C=O) groups is 2. The zero-order chi connectivity index (χ0) is 21.4. The molecule has 30 heavy (non-hydrogen) atoms. The minimum absolute atomic E-state index is 0.219. The molecule has 0 spiro atoms. The van der Waals surface area contributed by atoms with Gasteiger partial charge in [-0.15, -0.1) is 0 Å². The number of benzene rings is 2. The monoisotopic (exact) mass is 442 g/mol. The molecule has 8 heteroatoms. The minimum atomic E-state index is -0.611. The van der Waals surface area contributed by atoms with Crippen molar-refractivity contribution in [3.8, 4) is 11.3 Å². The predicted octanol–water partition coefficient (Wildman–Crippen LogP) is 4.63. The van der Waals surface area contributed by atoms with Crippen LogP contribution in [0.1, 0.15) is 16.1 Å². The molecule has 1 aromatic heterocycles. The minimum Gasteiger partial charge on any atom is -0.365 e. The van der Waals surface area contributed by atoms with Gasteiger partial charge in [-0.1, -0.05) is 65.7 Å². The van der Waals surface area contributed by atoms with E-state index in [-0.39, 0.29) is 18.1 Å². The summed E-state index contributed by atoms with van der Waals surface area (Å²) in [6, 6.07) is 16.5. The van der Waals surface area contributed by atoms with Crippen LogP contribution in [0.5, 0.6) is 0 Å². The Labute approximate surface area is 184 Å². The summed E-state index contributed by atoms with van der Waals surface area (Å²) in [5.74, 6) is -0.611. The number of anilines is 1. The summed E-state index contributed by atoms with van der Waals surface area (Å²) in [5, 5.41) is 0.804. The fourth-order valence-electron chi connectivity index (χ4n) is 3.86. The van der Waals surface area contributed by atoms with Gasteiger partial charge in [0.05, 0.1) is 39.2 Å². The number of carbonyl (C=O) groups excluding carboxylic acids is 2. The van der Waals surface area contributed by atoms with Gasteiger partial charge in [-0.25, -0.2) is 4.79 Å². The largest absolute Gasteiger partial charge is 0.365 e. The van der Waals surface area contributed by atoms with Gasteiger partial charge in [0, 0.05) is 20.1 Å². The molecule has 4 rings (SSSR count). The van der Waals surface area contributed by atoms with Crippen molar-refractivity contribution in [2.45, 2.75) is 13.1 Å². The molecule has 3 amide bonds. The number of urea groups is 1. The Kier molecular flexibility index (Phi) is 5.45. The molecule has 0 aliphatic carbocycles. The molecule has 0 fully saturated rings. The summed E-state index contributed by atoms with van der Waals surface area (Å²) in [6.07, 6.45) is 0. The molecule has 0 atom stereocenters. The van der Waals surface area contributed by atoms with Crippen molar-refractivity contribution in [1.82, 2.24) is 9.47 Å². The van der Waals surface area contributed by atoms with Crippen molar-refractivity contribution in [3.63, 3.8) is 0 Å². The van der Waals surface area contributed by atoms with Gasteiger partial charge in [0.1, 0.15) is 0 Å². The number of rotatable bonds is 3. The lowest BCUT2D eigenvalue weighted by Crippen LogP contribution is -2.45. The zero-order valence-electron chi connectivity index (χ0n) is 16.3. The van der Waals surface area contributed by atoms with Crippen LogP contribution in [0, 0.1) is 0 Å². The normalized spacial score (nSPS) is 13.1. The summed E-state index contributed by atoms with van der Waals surface area (Å²) in [6.45, 7) is 1.18. The van der Waals surface area contributed by atoms with Crippen molar-refractivity contribution in [1.29, 1.82) is 0 Å². The van der Waals surface area contributed by atoms with Crippen LogP contribution in [0.25, 0.3) is 11.3 Å². The van der Waals surface area contributed by atoms with Gasteiger partial charge in [-0.3, -0.25) is 9.69 Å². The Morgan fingerprint density at radius 1 is 1.00 bits per heavy atom. The van der Waals surface area contributed by atoms with Gasteiger partial charge in [0.15, 0.2) is 0 Å². The highest BCUT2D eigenvalue weighted by molar-refractivity contribution is 6.36. The molecule has 0 unspecified atom stereocenters. The quantitative estimate of drug-likeness (QED) is 0.641. The molecule has 0 radical (unpaired) electrons. The lowest BCUT2D eigenvalue weighted by Gasteiger charge is -2.33. The summed E-state index contributed by atoms with van der Waals surface area (Å²) >= 11 is 12.8. The Hall–Kier alpha value is -2.96. The first-order chi connectivity index (χ1) is 14.4. The van der Waals surface area contributed by atoms with E-state index in [1.807, 2.05) is 47.0 Å². The average Bonchev–Trinajstić information content (AvgIpc) is 3.04. The van der Waals surface area contributed by atoms with Gasteiger partial charge in [-0.2, -0.15) is 0 Å². The Morgan fingerprint density at radius 3 is 2.33 bits per heavy atom. The Bertz CT molecular complexity index is 1130. The fraction of sp³-hybridized carbons (Fsp3) is 0.182. The van der Waals surface area contributed by atoms with Crippen LogP contribution in [-0.2, 0) is 13.1 Å². The molecule has 1 aliphatic rings. The number of primary amides is 1. The number of amides is 3. The van der Waals surface area contributed by atoms with Crippen LogP contribution in [0.4, 0.5) is 10.5 Å². The first-order valence-electron chi connectivity index (χ1n) is 9.43. The van der Waals surface area contributed by atoms with Gasteiger partial charge >= 0.3 is 6.03 Å². The summed E-state index contributed by atoms with van der Waals surface area (Å²) < 4.78 is 1.98. The lowest BCUT2D eigenvalue weighted by atomic mass is 10.1. The van der Waals surface area contributed by atoms with E-state index in [9.17, 15) is 9.59 Å². The van der Waals surface area contributed by atoms with Gasteiger partial charge in [-0.05, 0) is 17.7 Å². The predicted molar refractivity (Wildman–Crippen MR) is 119 cm³/mol. The van der Waals surface area contributed by atoms with Gasteiger partial charge < -0.3 is 15.2 Å². The third-order valence-electron chi connectivity index (χ3n) is 5.31. The van der Waals surface area contributed by atoms with E-state index in [0.717, 1.165) is 11.3 Å². The average molecular weight is 443 g/mol. The SMILES string of the molecule is CN(C(=O)N1CCn2c(c(C(N)=O)c(Cl)c2-c2ccccc2)C1)c1ccccc1Cl. The summed E-state index contributed by atoms with van der Waals surface area (Å²) in [7, 11) is 1.68. The zero-order valence-corrected chi connectivity index (χ0v) is 17.8. The van der Waals surface area contributed by atoms with Crippen LogP contribution in [0.2, 0.25) is 10.0 Å². The number of hydrogen-bond acceptors (Lipinski definition) is 2. The van der Waals surface area contributed by atoms with E-state index >= 15 is 0 Å². The lowest BCUT2D eigenvalue weighted by molar-refractivity contribution is 0.0997. The van der Waals surface area contributed by atoms with Gasteiger partial charge in [0.2, 0.25) is 0 Å². The van der Waals surface area contributed by atoms with Crippen molar-refractivity contribution in [3.05, 3.63) is 75.9 Å². The molecule has 2 N–H and O–H groups in total. The number of halogens is 2. The van der Waals surface area contributed by atoms with E-state index < -0.39 is 5.91 Å².